The Labute approximate surface area is 559 Å². The van der Waals surface area contributed by atoms with Crippen LogP contribution in [0.1, 0.15) is 142 Å². The first-order valence-corrected chi connectivity index (χ1v) is 34.2. The highest BCUT2D eigenvalue weighted by Gasteiger charge is 2.35. The van der Waals surface area contributed by atoms with Gasteiger partial charge in [0.15, 0.2) is 5.82 Å². The predicted molar refractivity (Wildman–Crippen MR) is 350 cm³/mol. The number of pyridine rings is 2. The lowest BCUT2D eigenvalue weighted by atomic mass is 9.87. The molecule has 1 aromatic carbocycles. The lowest BCUT2D eigenvalue weighted by molar-refractivity contribution is -0.143. The molecule has 10 bridgehead atoms. The molecule has 94 heavy (non-hydrogen) atoms. The zero-order valence-electron chi connectivity index (χ0n) is 50.5. The summed E-state index contributed by atoms with van der Waals surface area (Å²) in [6.07, 6.45) is -0.636. The van der Waals surface area contributed by atoms with Gasteiger partial charge in [-0.2, -0.15) is 0 Å². The summed E-state index contributed by atoms with van der Waals surface area (Å²) in [4.78, 5) is 148. The third kappa shape index (κ3) is 14.7. The number of aromatic nitrogens is 8. The summed E-state index contributed by atoms with van der Waals surface area (Å²) >= 11 is 6.89. The summed E-state index contributed by atoms with van der Waals surface area (Å²) in [5.41, 5.74) is 2.02. The summed E-state index contributed by atoms with van der Waals surface area (Å²) in [6.45, 7) is 4.86. The van der Waals surface area contributed by atoms with Crippen molar-refractivity contribution in [1.82, 2.24) is 66.5 Å². The Kier molecular flexibility index (Phi) is 20.4. The second kappa shape index (κ2) is 29.0. The minimum absolute atomic E-state index is 0.0195. The van der Waals surface area contributed by atoms with Crippen molar-refractivity contribution in [2.45, 2.75) is 89.8 Å². The molecule has 9 aromatic rings. The molecule has 8 aromatic heterocycles. The monoisotopic (exact) mass is 1390 g/mol. The van der Waals surface area contributed by atoms with Gasteiger partial charge in [0.05, 0.1) is 60.0 Å². The number of benzene rings is 1. The molecule has 486 valence electrons. The Morgan fingerprint density at radius 1 is 0.691 bits per heavy atom. The number of aryl methyl sites for hydroxylation is 1. The van der Waals surface area contributed by atoms with Gasteiger partial charge in [-0.05, 0) is 68.4 Å². The van der Waals surface area contributed by atoms with E-state index in [2.05, 4.69) is 31.6 Å². The number of ether oxygens (including phenoxy) is 2. The zero-order valence-corrected chi connectivity index (χ0v) is 55.4. The fourth-order valence-electron chi connectivity index (χ4n) is 10.3. The Balaban J connectivity index is 0.987. The van der Waals surface area contributed by atoms with Crippen LogP contribution in [0, 0.1) is 18.8 Å². The SMILES string of the molecule is CNC(=O)C[C@@H]1NC(=O)c2csc(n2)-c2ccc(-c3nc(N(C(=O)OC4CCC(C(=O)O)CC4)c4ccc(C(=O)O)nc4)cs3)nc2-c2csc(n2)-c2csc(n2)[C@H]([C@@H](O)c2ccccc2)NC(=O)CNC(=O)c2nc(sc2COC)C(C(C)C)NC(=O)c2nc1sc2C. The lowest BCUT2D eigenvalue weighted by Gasteiger charge is -2.28. The minimum Gasteiger partial charge on any atom is -0.481 e. The first-order valence-electron chi connectivity index (χ1n) is 29.1. The summed E-state index contributed by atoms with van der Waals surface area (Å²) < 4.78 is 11.4. The summed E-state index contributed by atoms with van der Waals surface area (Å²) in [5, 5.41) is 53.9. The molecule has 27 nitrogen and oxygen atoms in total. The molecule has 0 spiro atoms. The van der Waals surface area contributed by atoms with E-state index in [4.69, 9.17) is 44.4 Å². The number of aliphatic hydroxyl groups excluding tert-OH is 1. The van der Waals surface area contributed by atoms with Crippen LogP contribution in [0.3, 0.4) is 0 Å². The van der Waals surface area contributed by atoms with Gasteiger partial charge in [-0.15, -0.1) is 68.0 Å². The molecule has 1 unspecified atom stereocenters. The number of nitrogens with zero attached hydrogens (tertiary/aromatic N) is 9. The third-order valence-electron chi connectivity index (χ3n) is 15.2. The zero-order chi connectivity index (χ0) is 66.5. The molecule has 4 atom stereocenters. The van der Waals surface area contributed by atoms with Gasteiger partial charge < -0.3 is 51.4 Å². The number of thiazole rings is 6. The van der Waals surface area contributed by atoms with Crippen LogP contribution in [0.4, 0.5) is 16.3 Å². The molecule has 6 amide bonds. The number of hydrogen-bond acceptors (Lipinski definition) is 25. The van der Waals surface area contributed by atoms with Crippen molar-refractivity contribution in [3.8, 4) is 43.4 Å². The van der Waals surface area contributed by atoms with E-state index < -0.39 is 90.4 Å². The number of aromatic carboxylic acids is 1. The van der Waals surface area contributed by atoms with Crippen LogP contribution in [0.15, 0.2) is 82.3 Å². The maximum absolute atomic E-state index is 14.5. The van der Waals surface area contributed by atoms with Crippen LogP contribution >= 0.6 is 68.0 Å². The molecule has 2 aliphatic rings. The molecule has 11 rings (SSSR count). The first kappa shape index (κ1) is 66.2. The van der Waals surface area contributed by atoms with Crippen molar-refractivity contribution in [1.29, 1.82) is 0 Å². The van der Waals surface area contributed by atoms with Gasteiger partial charge in [0.25, 0.3) is 17.7 Å². The number of anilines is 2. The maximum atomic E-state index is 14.5. The first-order chi connectivity index (χ1) is 45.2. The second-order valence-electron chi connectivity index (χ2n) is 21.9. The molecule has 33 heteroatoms. The summed E-state index contributed by atoms with van der Waals surface area (Å²) in [6, 6.07) is 11.8. The molecule has 0 saturated heterocycles. The van der Waals surface area contributed by atoms with Crippen LogP contribution in [-0.2, 0) is 30.5 Å². The molecule has 8 N–H and O–H groups in total. The van der Waals surface area contributed by atoms with E-state index in [0.29, 0.717) is 88.7 Å². The van der Waals surface area contributed by atoms with E-state index in [0.717, 1.165) is 61.6 Å². The van der Waals surface area contributed by atoms with E-state index in [1.165, 1.54) is 43.8 Å². The fraction of sp³-hybridized carbons (Fsp3) is 0.311. The minimum atomic E-state index is -1.32. The number of aliphatic carboxylic acids is 1. The van der Waals surface area contributed by atoms with Gasteiger partial charge >= 0.3 is 18.0 Å². The smallest absolute Gasteiger partial charge is 0.420 e. The number of amides is 6. The number of carbonyl (C=O) groups is 8. The number of methoxy groups -OCH3 is 1. The molecule has 1 saturated carbocycles. The normalized spacial score (nSPS) is 18.2. The predicted octanol–water partition coefficient (Wildman–Crippen LogP) is 9.32. The Hall–Kier alpha value is -9.22. The average molecular weight is 1390 g/mol. The Morgan fingerprint density at radius 3 is 2.12 bits per heavy atom. The van der Waals surface area contributed by atoms with Crippen LogP contribution in [0.5, 0.6) is 0 Å². The fourth-order valence-corrected chi connectivity index (χ4v) is 15.8. The Bertz CT molecular complexity index is 4330. The highest BCUT2D eigenvalue weighted by molar-refractivity contribution is 7.15. The Morgan fingerprint density at radius 2 is 1.40 bits per heavy atom. The van der Waals surface area contributed by atoms with Crippen molar-refractivity contribution in [2.24, 2.45) is 11.8 Å². The quantitative estimate of drug-likeness (QED) is 0.0532. The summed E-state index contributed by atoms with van der Waals surface area (Å²) in [7, 11) is 2.91. The van der Waals surface area contributed by atoms with Crippen LogP contribution in [-0.4, -0.2) is 130 Å². The molecular weight excluding hydrogens is 1330 g/mol. The molecule has 0 radical (unpaired) electrons. The van der Waals surface area contributed by atoms with Crippen LogP contribution in [0.25, 0.3) is 43.4 Å². The van der Waals surface area contributed by atoms with Crippen molar-refractivity contribution < 1.29 is 63.1 Å². The molecule has 1 fully saturated rings. The van der Waals surface area contributed by atoms with E-state index in [1.54, 1.807) is 70.9 Å². The number of carboxylic acid groups (broad SMARTS) is 2. The lowest BCUT2D eigenvalue weighted by Crippen LogP contribution is -2.40. The van der Waals surface area contributed by atoms with E-state index in [1.807, 2.05) is 13.8 Å². The number of rotatable bonds is 13. The van der Waals surface area contributed by atoms with Crippen molar-refractivity contribution in [2.75, 3.05) is 25.6 Å². The van der Waals surface area contributed by atoms with Crippen LogP contribution < -0.4 is 31.5 Å². The molecule has 1 aliphatic heterocycles. The standard InChI is InChI=1S/C61H58N14O13S6/c1-27(2)44-58-74-47(40(94-58)22-87-5)51(80)64-21-43(77)71-48(49(78)29-9-7-6-8-10-29)57-69-39(25-91-57)55-67-37(23-90-55)46-33(53-68-38(24-89-53)50(79)66-36(19-42(76)62-4)56-73-45(28(3)93-56)52(81)72-44)16-18-34(65-46)54-70-41(26-92-54)75(31-13-17-35(60(84)85)63-20-31)61(86)88-32-14-11-30(12-15-32)59(82)83/h6-10,13,16-18,20,23-27,30,32,36,44,48-49,78H,11-12,14-15,19,21-22H2,1-5H3,(H,62,76)(H,64,80)(H,66,79)(H,71,77)(H,72,81)(H,82,83)(H,84,85)/t30?,32?,36-,44?,48-,49-/m0/s1. The number of carbonyl (C=O) groups excluding carboxylic acids is 6. The number of hydrogen-bond donors (Lipinski definition) is 8. The number of fused-ring (bicyclic) bond motifs is 14. The number of carboxylic acids is 2. The van der Waals surface area contributed by atoms with Crippen LogP contribution in [0.2, 0.25) is 0 Å². The van der Waals surface area contributed by atoms with Gasteiger partial charge in [0.1, 0.15) is 88.2 Å². The van der Waals surface area contributed by atoms with E-state index in [-0.39, 0.29) is 63.9 Å². The second-order valence-corrected chi connectivity index (χ2v) is 27.7. The van der Waals surface area contributed by atoms with Gasteiger partial charge in [-0.1, -0.05) is 44.2 Å². The van der Waals surface area contributed by atoms with Gasteiger partial charge in [-0.3, -0.25) is 28.8 Å². The number of aliphatic hydroxyl groups is 1. The molecule has 1 aliphatic carbocycles. The third-order valence-corrected chi connectivity index (χ3v) is 20.9. The van der Waals surface area contributed by atoms with Gasteiger partial charge in [-0.25, -0.2) is 54.4 Å². The van der Waals surface area contributed by atoms with E-state index >= 15 is 0 Å². The summed E-state index contributed by atoms with van der Waals surface area (Å²) in [5.74, 6) is -6.02. The topological polar surface area (TPSA) is 382 Å². The maximum Gasteiger partial charge on any atom is 0.420 e. The van der Waals surface area contributed by atoms with Crippen molar-refractivity contribution >= 4 is 127 Å². The van der Waals surface area contributed by atoms with E-state index in [9.17, 15) is 53.7 Å². The molecule has 9 heterocycles. The number of nitrogens with one attached hydrogen (secondary N) is 5. The highest BCUT2D eigenvalue weighted by Crippen LogP contribution is 2.41. The average Bonchev–Trinajstić information content (AvgIpc) is 1.73. The molecular formula is C61H58N14O13S6. The largest absolute Gasteiger partial charge is 0.481 e. The van der Waals surface area contributed by atoms with Crippen molar-refractivity contribution in [3.05, 3.63) is 135 Å². The van der Waals surface area contributed by atoms with Gasteiger partial charge in [0.2, 0.25) is 11.8 Å². The van der Waals surface area contributed by atoms with Gasteiger partial charge in [0, 0.05) is 46.1 Å². The highest BCUT2D eigenvalue weighted by atomic mass is 32.1. The van der Waals surface area contributed by atoms with Crippen molar-refractivity contribution in [3.63, 3.8) is 0 Å².